The Bertz CT molecular complexity index is 710. The van der Waals surface area contributed by atoms with Crippen LogP contribution in [0.25, 0.3) is 0 Å². The third-order valence-corrected chi connectivity index (χ3v) is 4.57. The molecule has 0 radical (unpaired) electrons. The van der Waals surface area contributed by atoms with Gasteiger partial charge in [-0.1, -0.05) is 38.5 Å². The first-order chi connectivity index (χ1) is 11.5. The van der Waals surface area contributed by atoms with E-state index in [0.29, 0.717) is 15.6 Å². The molecule has 6 heteroatoms. The molecule has 0 unspecified atom stereocenters. The van der Waals surface area contributed by atoms with E-state index in [1.807, 2.05) is 18.2 Å². The average Bonchev–Trinajstić information content (AvgIpc) is 3.02. The van der Waals surface area contributed by atoms with Crippen molar-refractivity contribution in [2.75, 3.05) is 17.2 Å². The van der Waals surface area contributed by atoms with Crippen LogP contribution in [0.15, 0.2) is 35.5 Å². The number of hydrogen-bond acceptors (Lipinski definition) is 5. The van der Waals surface area contributed by atoms with Crippen molar-refractivity contribution in [2.45, 2.75) is 39.5 Å². The van der Waals surface area contributed by atoms with Crippen molar-refractivity contribution < 1.29 is 4.79 Å². The lowest BCUT2D eigenvalue weighted by atomic mass is 9.96. The molecule has 2 N–H and O–H groups in total. The zero-order valence-electron chi connectivity index (χ0n) is 14.3. The van der Waals surface area contributed by atoms with Crippen molar-refractivity contribution in [1.29, 1.82) is 0 Å². The van der Waals surface area contributed by atoms with Crippen molar-refractivity contribution in [2.24, 2.45) is 5.18 Å². The van der Waals surface area contributed by atoms with Gasteiger partial charge < -0.3 is 10.6 Å². The van der Waals surface area contributed by atoms with Crippen LogP contribution in [0, 0.1) is 4.91 Å². The molecule has 5 nitrogen and oxygen atoms in total. The molecule has 2 aromatic rings. The van der Waals surface area contributed by atoms with Crippen molar-refractivity contribution in [1.82, 2.24) is 0 Å². The Morgan fingerprint density at radius 1 is 1.25 bits per heavy atom. The van der Waals surface area contributed by atoms with E-state index in [-0.39, 0.29) is 11.8 Å². The first-order valence-electron chi connectivity index (χ1n) is 8.17. The molecule has 24 heavy (non-hydrogen) atoms. The summed E-state index contributed by atoms with van der Waals surface area (Å²) >= 11 is 1.16. The van der Waals surface area contributed by atoms with Crippen molar-refractivity contribution in [3.05, 3.63) is 46.4 Å². The highest BCUT2D eigenvalue weighted by Gasteiger charge is 2.15. The predicted octanol–water partition coefficient (Wildman–Crippen LogP) is 5.73. The van der Waals surface area contributed by atoms with E-state index >= 15 is 0 Å². The number of carbonyl (C=O) groups is 1. The molecule has 1 aromatic heterocycles. The van der Waals surface area contributed by atoms with Gasteiger partial charge in [0, 0.05) is 17.8 Å². The Balaban J connectivity index is 2.17. The minimum absolute atomic E-state index is 0.168. The Morgan fingerprint density at radius 3 is 2.67 bits per heavy atom. The number of anilines is 2. The molecule has 1 heterocycles. The van der Waals surface area contributed by atoms with Gasteiger partial charge in [-0.05, 0) is 53.4 Å². The van der Waals surface area contributed by atoms with Crippen LogP contribution in [-0.2, 0) is 0 Å². The number of carbonyl (C=O) groups excluding carboxylic acids is 1. The molecule has 0 saturated heterocycles. The van der Waals surface area contributed by atoms with E-state index < -0.39 is 0 Å². The third kappa shape index (κ3) is 4.64. The van der Waals surface area contributed by atoms with Gasteiger partial charge >= 0.3 is 0 Å². The van der Waals surface area contributed by atoms with Gasteiger partial charge in [0.1, 0.15) is 0 Å². The van der Waals surface area contributed by atoms with Crippen LogP contribution in [0.4, 0.5) is 15.7 Å². The lowest BCUT2D eigenvalue weighted by Gasteiger charge is -2.15. The van der Waals surface area contributed by atoms with Crippen molar-refractivity contribution >= 4 is 32.9 Å². The number of benzene rings is 1. The maximum absolute atomic E-state index is 12.6. The van der Waals surface area contributed by atoms with Crippen LogP contribution in [0.3, 0.4) is 0 Å². The highest BCUT2D eigenvalue weighted by Crippen LogP contribution is 2.30. The van der Waals surface area contributed by atoms with Crippen LogP contribution in [-0.4, -0.2) is 12.5 Å². The topological polar surface area (TPSA) is 70.6 Å². The molecule has 0 aliphatic rings. The lowest BCUT2D eigenvalue weighted by Crippen LogP contribution is -2.14. The normalized spacial score (nSPS) is 10.7. The Morgan fingerprint density at radius 2 is 2.04 bits per heavy atom. The minimum atomic E-state index is -0.168. The Hall–Kier alpha value is -2.21. The zero-order valence-corrected chi connectivity index (χ0v) is 15.1. The van der Waals surface area contributed by atoms with E-state index in [0.717, 1.165) is 42.0 Å². The van der Waals surface area contributed by atoms with Gasteiger partial charge in [0.2, 0.25) is 0 Å². The summed E-state index contributed by atoms with van der Waals surface area (Å²) < 4.78 is 0. The standard InChI is InChI=1S/C18H23N3O2S/c1-4-5-10-19-13-6-7-14(15(11-13)12(2)3)18(22)20-16-8-9-17(21-23)24-16/h6-9,11-12,19H,4-5,10H2,1-3H3,(H,20,22). The third-order valence-electron chi connectivity index (χ3n) is 3.70. The molecule has 0 aliphatic heterocycles. The molecule has 0 fully saturated rings. The van der Waals surface area contributed by atoms with E-state index in [1.54, 1.807) is 12.1 Å². The number of unbranched alkanes of at least 4 members (excludes halogenated alkanes) is 1. The first-order valence-corrected chi connectivity index (χ1v) is 8.99. The summed E-state index contributed by atoms with van der Waals surface area (Å²) in [7, 11) is 0. The van der Waals surface area contributed by atoms with Gasteiger partial charge in [0.15, 0.2) is 5.00 Å². The second-order valence-corrected chi connectivity index (χ2v) is 6.98. The number of nitroso groups, excluding NO2 is 1. The van der Waals surface area contributed by atoms with Crippen LogP contribution in [0.2, 0.25) is 0 Å². The minimum Gasteiger partial charge on any atom is -0.385 e. The molecule has 0 atom stereocenters. The monoisotopic (exact) mass is 345 g/mol. The van der Waals surface area contributed by atoms with E-state index in [1.165, 1.54) is 0 Å². The number of nitrogens with one attached hydrogen (secondary N) is 2. The molecule has 0 aliphatic carbocycles. The Labute approximate surface area is 146 Å². The first kappa shape index (κ1) is 18.1. The molecule has 0 saturated carbocycles. The number of thiophene rings is 1. The number of amides is 1. The highest BCUT2D eigenvalue weighted by molar-refractivity contribution is 7.19. The highest BCUT2D eigenvalue weighted by atomic mass is 32.1. The summed E-state index contributed by atoms with van der Waals surface area (Å²) in [6.07, 6.45) is 2.26. The largest absolute Gasteiger partial charge is 0.385 e. The van der Waals surface area contributed by atoms with Gasteiger partial charge in [0.05, 0.1) is 5.00 Å². The van der Waals surface area contributed by atoms with Crippen molar-refractivity contribution in [3.63, 3.8) is 0 Å². The molecular formula is C18H23N3O2S. The number of nitrogens with zero attached hydrogens (tertiary/aromatic N) is 1. The zero-order chi connectivity index (χ0) is 17.5. The molecular weight excluding hydrogens is 322 g/mol. The fourth-order valence-electron chi connectivity index (χ4n) is 2.39. The van der Waals surface area contributed by atoms with E-state index in [9.17, 15) is 9.70 Å². The second kappa shape index (κ2) is 8.59. The smallest absolute Gasteiger partial charge is 0.256 e. The van der Waals surface area contributed by atoms with E-state index in [2.05, 4.69) is 36.6 Å². The fraction of sp³-hybridized carbons (Fsp3) is 0.389. The summed E-state index contributed by atoms with van der Waals surface area (Å²) in [5.41, 5.74) is 2.69. The summed E-state index contributed by atoms with van der Waals surface area (Å²) in [5.74, 6) is 0.0623. The van der Waals surface area contributed by atoms with Gasteiger partial charge in [0.25, 0.3) is 5.91 Å². The molecule has 1 aromatic carbocycles. The maximum Gasteiger partial charge on any atom is 0.256 e. The van der Waals surface area contributed by atoms with E-state index in [4.69, 9.17) is 0 Å². The quantitative estimate of drug-likeness (QED) is 0.474. The molecule has 0 spiro atoms. The van der Waals surface area contributed by atoms with Crippen LogP contribution >= 0.6 is 11.3 Å². The number of rotatable bonds is 8. The maximum atomic E-state index is 12.6. The summed E-state index contributed by atoms with van der Waals surface area (Å²) in [5, 5.41) is 10.1. The summed E-state index contributed by atoms with van der Waals surface area (Å²) in [6, 6.07) is 9.11. The van der Waals surface area contributed by atoms with Gasteiger partial charge in [-0.3, -0.25) is 4.79 Å². The SMILES string of the molecule is CCCCNc1ccc(C(=O)Nc2ccc(N=O)s2)c(C(C)C)c1. The van der Waals surface area contributed by atoms with Crippen molar-refractivity contribution in [3.8, 4) is 0 Å². The predicted molar refractivity (Wildman–Crippen MR) is 102 cm³/mol. The van der Waals surface area contributed by atoms with Gasteiger partial charge in [-0.2, -0.15) is 0 Å². The molecule has 0 bridgehead atoms. The average molecular weight is 345 g/mol. The van der Waals surface area contributed by atoms with Crippen LogP contribution < -0.4 is 10.6 Å². The van der Waals surface area contributed by atoms with Gasteiger partial charge in [-0.15, -0.1) is 4.91 Å². The lowest BCUT2D eigenvalue weighted by molar-refractivity contribution is 0.102. The fourth-order valence-corrected chi connectivity index (χ4v) is 3.07. The van der Waals surface area contributed by atoms with Gasteiger partial charge in [-0.25, -0.2) is 0 Å². The number of hydrogen-bond donors (Lipinski definition) is 2. The summed E-state index contributed by atoms with van der Waals surface area (Å²) in [4.78, 5) is 23.1. The molecule has 2 rings (SSSR count). The second-order valence-electron chi connectivity index (χ2n) is 5.92. The van der Waals surface area contributed by atoms with Crippen LogP contribution in [0.5, 0.6) is 0 Å². The Kier molecular flexibility index (Phi) is 6.49. The van der Waals surface area contributed by atoms with Crippen LogP contribution in [0.1, 0.15) is 55.5 Å². The molecule has 1 amide bonds. The molecule has 128 valence electrons. The summed E-state index contributed by atoms with van der Waals surface area (Å²) in [6.45, 7) is 7.23.